The molecule has 112 valence electrons. The van der Waals surface area contributed by atoms with Crippen LogP contribution >= 0.6 is 0 Å². The van der Waals surface area contributed by atoms with Crippen LogP contribution in [0.2, 0.25) is 0 Å². The molecule has 0 saturated carbocycles. The zero-order valence-electron chi connectivity index (χ0n) is 12.5. The summed E-state index contributed by atoms with van der Waals surface area (Å²) in [7, 11) is 0. The number of fused-ring (bicyclic) bond motifs is 3. The maximum atomic E-state index is 5.87. The van der Waals surface area contributed by atoms with Crippen LogP contribution in [0.3, 0.4) is 0 Å². The zero-order chi connectivity index (χ0) is 14.9. The molecule has 4 rings (SSSR count). The highest BCUT2D eigenvalue weighted by molar-refractivity contribution is 6.04. The van der Waals surface area contributed by atoms with Gasteiger partial charge in [-0.1, -0.05) is 12.1 Å². The maximum Gasteiger partial charge on any atom is 0.104 e. The molecule has 2 atom stereocenters. The van der Waals surface area contributed by atoms with E-state index in [9.17, 15) is 0 Å². The SMILES string of the molecule is CC(Cc1cc2cccnc2c2ncccc12)OCC1CO1. The second-order valence-electron chi connectivity index (χ2n) is 5.81. The molecule has 1 fully saturated rings. The highest BCUT2D eigenvalue weighted by Gasteiger charge is 2.23. The molecular weight excluding hydrogens is 276 g/mol. The van der Waals surface area contributed by atoms with Crippen molar-refractivity contribution in [2.45, 2.75) is 25.6 Å². The Balaban J connectivity index is 1.71. The average molecular weight is 294 g/mol. The highest BCUT2D eigenvalue weighted by atomic mass is 16.6. The molecule has 1 saturated heterocycles. The molecule has 1 aromatic carbocycles. The first kappa shape index (κ1) is 13.6. The molecule has 2 aromatic heterocycles. The number of nitrogens with zero attached hydrogens (tertiary/aromatic N) is 2. The fourth-order valence-electron chi connectivity index (χ4n) is 2.82. The molecule has 1 aliphatic rings. The van der Waals surface area contributed by atoms with Crippen LogP contribution in [0.5, 0.6) is 0 Å². The molecular formula is C18H18N2O2. The van der Waals surface area contributed by atoms with Gasteiger partial charge in [0.2, 0.25) is 0 Å². The van der Waals surface area contributed by atoms with Gasteiger partial charge >= 0.3 is 0 Å². The number of epoxide rings is 1. The molecule has 0 radical (unpaired) electrons. The van der Waals surface area contributed by atoms with Gasteiger partial charge in [-0.3, -0.25) is 9.97 Å². The summed E-state index contributed by atoms with van der Waals surface area (Å²) < 4.78 is 11.1. The van der Waals surface area contributed by atoms with Gasteiger partial charge in [-0.25, -0.2) is 0 Å². The smallest absolute Gasteiger partial charge is 0.104 e. The Morgan fingerprint density at radius 2 is 2.00 bits per heavy atom. The predicted octanol–water partition coefficient (Wildman–Crippen LogP) is 3.13. The van der Waals surface area contributed by atoms with Crippen molar-refractivity contribution in [3.05, 3.63) is 48.3 Å². The van der Waals surface area contributed by atoms with E-state index in [0.717, 1.165) is 34.8 Å². The van der Waals surface area contributed by atoms with Gasteiger partial charge in [0.25, 0.3) is 0 Å². The summed E-state index contributed by atoms with van der Waals surface area (Å²) in [5.74, 6) is 0. The number of aromatic nitrogens is 2. The Kier molecular flexibility index (Phi) is 3.48. The fourth-order valence-corrected chi connectivity index (χ4v) is 2.82. The van der Waals surface area contributed by atoms with Crippen LogP contribution in [-0.4, -0.2) is 35.4 Å². The van der Waals surface area contributed by atoms with E-state index in [4.69, 9.17) is 9.47 Å². The van der Waals surface area contributed by atoms with Crippen LogP contribution in [0.15, 0.2) is 42.7 Å². The van der Waals surface area contributed by atoms with Crippen molar-refractivity contribution in [2.75, 3.05) is 13.2 Å². The van der Waals surface area contributed by atoms with E-state index in [1.54, 1.807) is 0 Å². The molecule has 22 heavy (non-hydrogen) atoms. The topological polar surface area (TPSA) is 47.5 Å². The summed E-state index contributed by atoms with van der Waals surface area (Å²) in [4.78, 5) is 9.03. The lowest BCUT2D eigenvalue weighted by Crippen LogP contribution is -2.15. The van der Waals surface area contributed by atoms with Crippen molar-refractivity contribution in [3.8, 4) is 0 Å². The van der Waals surface area contributed by atoms with Gasteiger partial charge in [-0.2, -0.15) is 0 Å². The maximum absolute atomic E-state index is 5.87. The second kappa shape index (κ2) is 5.63. The number of rotatable bonds is 5. The lowest BCUT2D eigenvalue weighted by atomic mass is 10.00. The first-order valence-corrected chi connectivity index (χ1v) is 7.66. The van der Waals surface area contributed by atoms with Crippen molar-refractivity contribution < 1.29 is 9.47 Å². The van der Waals surface area contributed by atoms with Crippen LogP contribution in [-0.2, 0) is 15.9 Å². The van der Waals surface area contributed by atoms with E-state index in [2.05, 4.69) is 35.1 Å². The molecule has 0 amide bonds. The Hall–Kier alpha value is -2.04. The number of ether oxygens (including phenoxy) is 2. The van der Waals surface area contributed by atoms with Gasteiger partial charge in [-0.15, -0.1) is 0 Å². The molecule has 4 heteroatoms. The lowest BCUT2D eigenvalue weighted by Gasteiger charge is -2.15. The largest absolute Gasteiger partial charge is 0.375 e. The summed E-state index contributed by atoms with van der Waals surface area (Å²) in [6.07, 6.45) is 4.96. The number of pyridine rings is 2. The molecule has 1 aliphatic heterocycles. The Morgan fingerprint density at radius 1 is 1.23 bits per heavy atom. The van der Waals surface area contributed by atoms with Crippen LogP contribution < -0.4 is 0 Å². The first-order valence-electron chi connectivity index (χ1n) is 7.66. The standard InChI is InChI=1S/C18H18N2O2/c1-12(21-10-15-11-22-15)8-14-9-13-4-2-6-19-17(13)18-16(14)5-3-7-20-18/h2-7,9,12,15H,8,10-11H2,1H3. The number of benzene rings is 1. The predicted molar refractivity (Wildman–Crippen MR) is 85.9 cm³/mol. The summed E-state index contributed by atoms with van der Waals surface area (Å²) in [5, 5.41) is 2.29. The van der Waals surface area contributed by atoms with Crippen molar-refractivity contribution >= 4 is 21.8 Å². The fraction of sp³-hybridized carbons (Fsp3) is 0.333. The summed E-state index contributed by atoms with van der Waals surface area (Å²) in [6, 6.07) is 10.3. The quantitative estimate of drug-likeness (QED) is 0.536. The molecule has 0 bridgehead atoms. The summed E-state index contributed by atoms with van der Waals surface area (Å²) >= 11 is 0. The second-order valence-corrected chi connectivity index (χ2v) is 5.81. The van der Waals surface area contributed by atoms with Gasteiger partial charge in [-0.05, 0) is 37.1 Å². The molecule has 0 N–H and O–H groups in total. The van der Waals surface area contributed by atoms with Gasteiger partial charge in [0.05, 0.1) is 30.4 Å². The highest BCUT2D eigenvalue weighted by Crippen LogP contribution is 2.27. The monoisotopic (exact) mass is 294 g/mol. The summed E-state index contributed by atoms with van der Waals surface area (Å²) in [6.45, 7) is 3.63. The minimum absolute atomic E-state index is 0.154. The molecule has 0 spiro atoms. The van der Waals surface area contributed by atoms with Gasteiger partial charge < -0.3 is 9.47 Å². The van der Waals surface area contributed by atoms with E-state index < -0.39 is 0 Å². The third-order valence-corrected chi connectivity index (χ3v) is 4.02. The van der Waals surface area contributed by atoms with Crippen molar-refractivity contribution in [3.63, 3.8) is 0 Å². The number of hydrogen-bond acceptors (Lipinski definition) is 4. The van der Waals surface area contributed by atoms with Gasteiger partial charge in [0, 0.05) is 23.2 Å². The van der Waals surface area contributed by atoms with Crippen molar-refractivity contribution in [1.82, 2.24) is 9.97 Å². The average Bonchev–Trinajstić information content (AvgIpc) is 3.37. The molecule has 4 nitrogen and oxygen atoms in total. The van der Waals surface area contributed by atoms with Crippen LogP contribution in [0.1, 0.15) is 12.5 Å². The summed E-state index contributed by atoms with van der Waals surface area (Å²) in [5.41, 5.74) is 3.18. The van der Waals surface area contributed by atoms with Crippen LogP contribution in [0.4, 0.5) is 0 Å². The van der Waals surface area contributed by atoms with Gasteiger partial charge in [0.15, 0.2) is 0 Å². The van der Waals surface area contributed by atoms with Crippen LogP contribution in [0.25, 0.3) is 21.8 Å². The van der Waals surface area contributed by atoms with E-state index >= 15 is 0 Å². The number of hydrogen-bond donors (Lipinski definition) is 0. The molecule has 0 aliphatic carbocycles. The minimum Gasteiger partial charge on any atom is -0.375 e. The van der Waals surface area contributed by atoms with Crippen molar-refractivity contribution in [2.24, 2.45) is 0 Å². The molecule has 3 aromatic rings. The van der Waals surface area contributed by atoms with E-state index in [0.29, 0.717) is 12.7 Å². The normalized spacial score (nSPS) is 18.7. The van der Waals surface area contributed by atoms with E-state index in [1.807, 2.05) is 24.5 Å². The zero-order valence-corrected chi connectivity index (χ0v) is 12.5. The lowest BCUT2D eigenvalue weighted by molar-refractivity contribution is 0.0550. The molecule has 3 heterocycles. The van der Waals surface area contributed by atoms with E-state index in [1.165, 1.54) is 5.56 Å². The molecule has 2 unspecified atom stereocenters. The Labute approximate surface area is 129 Å². The van der Waals surface area contributed by atoms with E-state index in [-0.39, 0.29) is 6.10 Å². The Morgan fingerprint density at radius 3 is 2.82 bits per heavy atom. The van der Waals surface area contributed by atoms with Crippen LogP contribution in [0, 0.1) is 0 Å². The third kappa shape index (κ3) is 2.67. The third-order valence-electron chi connectivity index (χ3n) is 4.02. The Bertz CT molecular complexity index is 814. The first-order chi connectivity index (χ1) is 10.8. The van der Waals surface area contributed by atoms with Crippen molar-refractivity contribution in [1.29, 1.82) is 0 Å². The minimum atomic E-state index is 0.154. The van der Waals surface area contributed by atoms with Gasteiger partial charge in [0.1, 0.15) is 6.10 Å².